The van der Waals surface area contributed by atoms with Crippen LogP contribution in [0.3, 0.4) is 0 Å². The Bertz CT molecular complexity index is 1220. The predicted molar refractivity (Wildman–Crippen MR) is 123 cm³/mol. The summed E-state index contributed by atoms with van der Waals surface area (Å²) in [5.41, 5.74) is 1.87. The van der Waals surface area contributed by atoms with Gasteiger partial charge in [-0.1, -0.05) is 48.5 Å². The number of carbonyl (C=O) groups is 1. The number of morpholine rings is 1. The molecule has 1 aliphatic heterocycles. The van der Waals surface area contributed by atoms with E-state index >= 15 is 0 Å². The minimum Gasteiger partial charge on any atom is -0.496 e. The van der Waals surface area contributed by atoms with Gasteiger partial charge in [-0.05, 0) is 34.0 Å². The van der Waals surface area contributed by atoms with Crippen molar-refractivity contribution in [3.63, 3.8) is 0 Å². The molecular formula is C24H26N2O5S. The summed E-state index contributed by atoms with van der Waals surface area (Å²) in [6, 6.07) is 18.7. The van der Waals surface area contributed by atoms with Crippen LogP contribution in [0.4, 0.5) is 0 Å². The number of carbonyl (C=O) groups excluding carboxylic acids is 1. The van der Waals surface area contributed by atoms with E-state index in [0.717, 1.165) is 16.3 Å². The smallest absolute Gasteiger partial charge is 0.255 e. The zero-order valence-corrected chi connectivity index (χ0v) is 18.7. The number of ether oxygens (including phenoxy) is 2. The number of sulfonamides is 1. The van der Waals surface area contributed by atoms with Crippen LogP contribution in [0.2, 0.25) is 0 Å². The largest absolute Gasteiger partial charge is 0.496 e. The molecule has 1 N–H and O–H groups in total. The van der Waals surface area contributed by atoms with Crippen molar-refractivity contribution in [1.29, 1.82) is 0 Å². The third kappa shape index (κ3) is 4.93. The van der Waals surface area contributed by atoms with E-state index in [1.165, 1.54) is 11.4 Å². The van der Waals surface area contributed by atoms with Gasteiger partial charge >= 0.3 is 0 Å². The van der Waals surface area contributed by atoms with Crippen molar-refractivity contribution in [2.24, 2.45) is 0 Å². The average Bonchev–Trinajstić information content (AvgIpc) is 2.82. The van der Waals surface area contributed by atoms with Gasteiger partial charge in [-0.15, -0.1) is 0 Å². The fourth-order valence-corrected chi connectivity index (χ4v) is 5.38. The number of hydrogen-bond donors (Lipinski definition) is 1. The first-order valence-electron chi connectivity index (χ1n) is 10.5. The van der Waals surface area contributed by atoms with E-state index in [9.17, 15) is 13.2 Å². The third-order valence-electron chi connectivity index (χ3n) is 5.57. The highest BCUT2D eigenvalue weighted by Crippen LogP contribution is 2.26. The minimum absolute atomic E-state index is 0.113. The van der Waals surface area contributed by atoms with Crippen molar-refractivity contribution >= 4 is 26.7 Å². The molecule has 3 aromatic rings. The lowest BCUT2D eigenvalue weighted by Crippen LogP contribution is -2.41. The van der Waals surface area contributed by atoms with Gasteiger partial charge in [-0.3, -0.25) is 4.79 Å². The van der Waals surface area contributed by atoms with Crippen LogP contribution in [0.5, 0.6) is 5.75 Å². The predicted octanol–water partition coefficient (Wildman–Crippen LogP) is 2.94. The molecule has 1 amide bonds. The second-order valence-corrected chi connectivity index (χ2v) is 9.59. The number of hydrogen-bond acceptors (Lipinski definition) is 5. The van der Waals surface area contributed by atoms with Gasteiger partial charge < -0.3 is 14.8 Å². The summed E-state index contributed by atoms with van der Waals surface area (Å²) < 4.78 is 37.8. The van der Waals surface area contributed by atoms with Crippen molar-refractivity contribution < 1.29 is 22.7 Å². The van der Waals surface area contributed by atoms with Crippen LogP contribution in [0.25, 0.3) is 10.8 Å². The third-order valence-corrected chi connectivity index (χ3v) is 7.40. The fraction of sp³-hybridized carbons (Fsp3) is 0.292. The van der Waals surface area contributed by atoms with Crippen LogP contribution in [0, 0.1) is 0 Å². The Hall–Kier alpha value is -2.94. The Morgan fingerprint density at radius 2 is 1.62 bits per heavy atom. The highest BCUT2D eigenvalue weighted by atomic mass is 32.2. The van der Waals surface area contributed by atoms with Crippen LogP contribution < -0.4 is 10.1 Å². The minimum atomic E-state index is -3.46. The lowest BCUT2D eigenvalue weighted by atomic mass is 10.0. The summed E-state index contributed by atoms with van der Waals surface area (Å²) in [5, 5.41) is 4.84. The lowest BCUT2D eigenvalue weighted by molar-refractivity contribution is 0.0729. The number of benzene rings is 3. The monoisotopic (exact) mass is 454 g/mol. The maximum absolute atomic E-state index is 13.0. The molecule has 8 heteroatoms. The number of rotatable bonds is 7. The van der Waals surface area contributed by atoms with E-state index in [0.29, 0.717) is 43.2 Å². The maximum Gasteiger partial charge on any atom is 0.255 e. The summed E-state index contributed by atoms with van der Waals surface area (Å²) in [4.78, 5) is 13.0. The first kappa shape index (κ1) is 22.3. The topological polar surface area (TPSA) is 84.9 Å². The Morgan fingerprint density at radius 3 is 2.31 bits per heavy atom. The number of amides is 1. The molecule has 0 aliphatic carbocycles. The first-order chi connectivity index (χ1) is 15.5. The van der Waals surface area contributed by atoms with E-state index in [1.54, 1.807) is 12.1 Å². The molecule has 0 atom stereocenters. The van der Waals surface area contributed by atoms with Crippen molar-refractivity contribution in [1.82, 2.24) is 9.62 Å². The number of nitrogens with zero attached hydrogens (tertiary/aromatic N) is 1. The molecule has 3 aromatic carbocycles. The zero-order valence-electron chi connectivity index (χ0n) is 17.9. The number of methoxy groups -OCH3 is 1. The van der Waals surface area contributed by atoms with Gasteiger partial charge in [0.1, 0.15) is 5.75 Å². The van der Waals surface area contributed by atoms with Crippen molar-refractivity contribution in [2.75, 3.05) is 33.4 Å². The van der Waals surface area contributed by atoms with Gasteiger partial charge in [0, 0.05) is 19.6 Å². The standard InChI is InChI=1S/C24H26N2O5S/c1-30-23-15-19-7-3-2-6-18(19)14-22(23)24(27)25-16-20-8-4-5-9-21(20)17-32(28,29)26-10-12-31-13-11-26/h2-9,14-15H,10-13,16-17H2,1H3,(H,25,27). The summed E-state index contributed by atoms with van der Waals surface area (Å²) in [6.45, 7) is 1.75. The van der Waals surface area contributed by atoms with Crippen molar-refractivity contribution in [2.45, 2.75) is 12.3 Å². The number of fused-ring (bicyclic) bond motifs is 1. The molecule has 1 fully saturated rings. The van der Waals surface area contributed by atoms with Gasteiger partial charge in [0.15, 0.2) is 0 Å². The van der Waals surface area contributed by atoms with E-state index in [2.05, 4.69) is 5.32 Å². The molecule has 168 valence electrons. The normalized spacial score (nSPS) is 14.9. The highest BCUT2D eigenvalue weighted by molar-refractivity contribution is 7.88. The molecular weight excluding hydrogens is 428 g/mol. The molecule has 1 heterocycles. The van der Waals surface area contributed by atoms with Gasteiger partial charge in [-0.25, -0.2) is 8.42 Å². The molecule has 0 saturated carbocycles. The molecule has 0 unspecified atom stereocenters. The molecule has 0 bridgehead atoms. The second kappa shape index (κ2) is 9.68. The Kier molecular flexibility index (Phi) is 6.74. The van der Waals surface area contributed by atoms with Crippen LogP contribution in [0.15, 0.2) is 60.7 Å². The Labute approximate surface area is 188 Å². The highest BCUT2D eigenvalue weighted by Gasteiger charge is 2.25. The maximum atomic E-state index is 13.0. The molecule has 32 heavy (non-hydrogen) atoms. The zero-order chi connectivity index (χ0) is 22.6. The Morgan fingerprint density at radius 1 is 1.00 bits per heavy atom. The van der Waals surface area contributed by atoms with Gasteiger partial charge in [0.05, 0.1) is 31.6 Å². The van der Waals surface area contributed by atoms with Crippen molar-refractivity contribution in [3.8, 4) is 5.75 Å². The van der Waals surface area contributed by atoms with Crippen LogP contribution >= 0.6 is 0 Å². The van der Waals surface area contributed by atoms with E-state index in [1.807, 2.05) is 48.5 Å². The van der Waals surface area contributed by atoms with Crippen LogP contribution in [0.1, 0.15) is 21.5 Å². The second-order valence-electron chi connectivity index (χ2n) is 7.62. The van der Waals surface area contributed by atoms with E-state index in [-0.39, 0.29) is 18.2 Å². The molecule has 1 saturated heterocycles. The van der Waals surface area contributed by atoms with E-state index in [4.69, 9.17) is 9.47 Å². The molecule has 0 spiro atoms. The quantitative estimate of drug-likeness (QED) is 0.593. The summed E-state index contributed by atoms with van der Waals surface area (Å²) in [7, 11) is -1.93. The molecule has 4 rings (SSSR count). The molecule has 0 aromatic heterocycles. The average molecular weight is 455 g/mol. The van der Waals surface area contributed by atoms with Gasteiger partial charge in [0.25, 0.3) is 5.91 Å². The van der Waals surface area contributed by atoms with Gasteiger partial charge in [-0.2, -0.15) is 4.31 Å². The molecule has 0 radical (unpaired) electrons. The molecule has 7 nitrogen and oxygen atoms in total. The van der Waals surface area contributed by atoms with Gasteiger partial charge in [0.2, 0.25) is 10.0 Å². The molecule has 1 aliphatic rings. The SMILES string of the molecule is COc1cc2ccccc2cc1C(=O)NCc1ccccc1CS(=O)(=O)N1CCOCC1. The summed E-state index contributed by atoms with van der Waals surface area (Å²) >= 11 is 0. The summed E-state index contributed by atoms with van der Waals surface area (Å²) in [6.07, 6.45) is 0. The van der Waals surface area contributed by atoms with Crippen LogP contribution in [-0.4, -0.2) is 52.0 Å². The number of nitrogens with one attached hydrogen (secondary N) is 1. The summed E-state index contributed by atoms with van der Waals surface area (Å²) in [5.74, 6) is 0.0982. The first-order valence-corrected chi connectivity index (χ1v) is 12.1. The lowest BCUT2D eigenvalue weighted by Gasteiger charge is -2.26. The fourth-order valence-electron chi connectivity index (χ4n) is 3.82. The van der Waals surface area contributed by atoms with Crippen LogP contribution in [-0.2, 0) is 27.1 Å². The van der Waals surface area contributed by atoms with Crippen molar-refractivity contribution in [3.05, 3.63) is 77.4 Å². The van der Waals surface area contributed by atoms with E-state index < -0.39 is 10.0 Å². The Balaban J connectivity index is 1.51.